The number of carbonyl (C=O) groups is 4. The Morgan fingerprint density at radius 3 is 0.850 bits per heavy atom. The maximum absolute atomic E-state index is 13.1. The van der Waals surface area contributed by atoms with Crippen LogP contribution in [0.15, 0.2) is 85.1 Å². The van der Waals surface area contributed by atoms with Gasteiger partial charge in [-0.1, -0.05) is 293 Å². The summed E-state index contributed by atoms with van der Waals surface area (Å²) in [5.74, 6) is -2.21. The van der Waals surface area contributed by atoms with E-state index in [0.717, 1.165) is 148 Å². The number of ether oxygens (including phenoxy) is 4. The lowest BCUT2D eigenvalue weighted by atomic mass is 10.0. The number of rotatable bonds is 75. The molecule has 0 heterocycles. The second-order valence-electron chi connectivity index (χ2n) is 26.6. The molecule has 0 radical (unpaired) electrons. The van der Waals surface area contributed by atoms with E-state index in [-0.39, 0.29) is 25.7 Å². The lowest BCUT2D eigenvalue weighted by Gasteiger charge is -2.21. The predicted molar refractivity (Wildman–Crippen MR) is 409 cm³/mol. The molecule has 0 aliphatic rings. The quantitative estimate of drug-likeness (QED) is 0.0169. The molecule has 0 spiro atoms. The van der Waals surface area contributed by atoms with E-state index in [4.69, 9.17) is 37.0 Å². The van der Waals surface area contributed by atoms with E-state index in [1.165, 1.54) is 122 Å². The first-order valence-electron chi connectivity index (χ1n) is 39.8. The Labute approximate surface area is 608 Å². The van der Waals surface area contributed by atoms with Crippen molar-refractivity contribution in [2.75, 3.05) is 39.6 Å². The summed E-state index contributed by atoms with van der Waals surface area (Å²) in [7, 11) is -9.95. The van der Waals surface area contributed by atoms with Gasteiger partial charge in [-0.3, -0.25) is 37.3 Å². The van der Waals surface area contributed by atoms with E-state index in [0.29, 0.717) is 25.7 Å². The van der Waals surface area contributed by atoms with Crippen LogP contribution in [-0.4, -0.2) is 96.7 Å². The molecule has 5 atom stereocenters. The molecule has 0 aromatic heterocycles. The highest BCUT2D eigenvalue weighted by Gasteiger charge is 2.30. The predicted octanol–water partition coefficient (Wildman–Crippen LogP) is 23.0. The number of phosphoric ester groups is 2. The lowest BCUT2D eigenvalue weighted by molar-refractivity contribution is -0.161. The van der Waals surface area contributed by atoms with Gasteiger partial charge in [0.1, 0.15) is 19.3 Å². The van der Waals surface area contributed by atoms with Crippen molar-refractivity contribution in [2.45, 2.75) is 367 Å². The van der Waals surface area contributed by atoms with Crippen molar-refractivity contribution in [1.82, 2.24) is 0 Å². The molecule has 0 bridgehead atoms. The summed E-state index contributed by atoms with van der Waals surface area (Å²) in [5, 5.41) is 10.6. The molecule has 5 unspecified atom stereocenters. The van der Waals surface area contributed by atoms with E-state index in [2.05, 4.69) is 113 Å². The van der Waals surface area contributed by atoms with E-state index in [9.17, 15) is 43.2 Å². The summed E-state index contributed by atoms with van der Waals surface area (Å²) in [6.45, 7) is 4.71. The van der Waals surface area contributed by atoms with Gasteiger partial charge in [-0.05, 0) is 116 Å². The van der Waals surface area contributed by atoms with Gasteiger partial charge in [0, 0.05) is 25.7 Å². The maximum atomic E-state index is 13.1. The lowest BCUT2D eigenvalue weighted by Crippen LogP contribution is -2.30. The van der Waals surface area contributed by atoms with Crippen LogP contribution in [0.25, 0.3) is 0 Å². The van der Waals surface area contributed by atoms with Gasteiger partial charge in [0.25, 0.3) is 0 Å². The number of phosphoric acid groups is 2. The highest BCUT2D eigenvalue weighted by atomic mass is 31.2. The Morgan fingerprint density at radius 2 is 0.530 bits per heavy atom. The Hall–Kier alpha value is -3.76. The third-order valence-corrected chi connectivity index (χ3v) is 18.7. The number of esters is 4. The van der Waals surface area contributed by atoms with Gasteiger partial charge < -0.3 is 33.8 Å². The number of hydrogen-bond acceptors (Lipinski definition) is 15. The standard InChI is InChI=1S/C81H144O17P2/c1-5-9-13-17-21-25-29-32-35-36-37-38-41-43-47-50-54-58-62-66-79(84)92-72-77(98-81(86)68-64-60-56-52-48-44-40-34-31-27-23-19-15-11-7-3)74-96-100(89,90)94-70-75(82)69-93-99(87,88)95-73-76(97-80(85)67-63-59-55-51-45-28-24-20-16-12-8-4)71-91-78(83)65-61-57-53-49-46-42-39-33-30-26-22-18-14-10-6-2/h9,13,20-21,24-25,32,34-35,37-38,40,43,47,75-77,82H,5-8,10-12,14-19,22-23,26-31,33,36,39,41-42,44-46,48-74H2,1-4H3,(H,87,88)(H,89,90)/b13-9-,24-20-,25-21-,35-32-,38-37-,40-34-,47-43-. The fourth-order valence-corrected chi connectivity index (χ4v) is 12.3. The number of allylic oxidation sites excluding steroid dienone is 14. The molecule has 0 saturated heterocycles. The fraction of sp³-hybridized carbons (Fsp3) is 0.778. The van der Waals surface area contributed by atoms with Crippen LogP contribution in [0.2, 0.25) is 0 Å². The summed E-state index contributed by atoms with van der Waals surface area (Å²) in [6, 6.07) is 0. The molecule has 0 saturated carbocycles. The zero-order valence-electron chi connectivity index (χ0n) is 63.4. The molecule has 0 aliphatic heterocycles. The molecule has 3 N–H and O–H groups in total. The first-order chi connectivity index (χ1) is 48.7. The molecular weight excluding hydrogens is 1310 g/mol. The molecule has 17 nitrogen and oxygen atoms in total. The summed E-state index contributed by atoms with van der Waals surface area (Å²) in [4.78, 5) is 72.9. The van der Waals surface area contributed by atoms with Crippen molar-refractivity contribution in [1.29, 1.82) is 0 Å². The Balaban J connectivity index is 5.34. The van der Waals surface area contributed by atoms with E-state index in [1.54, 1.807) is 0 Å². The second-order valence-corrected chi connectivity index (χ2v) is 29.5. The average molecular weight is 1450 g/mol. The van der Waals surface area contributed by atoms with Crippen molar-refractivity contribution in [3.8, 4) is 0 Å². The molecule has 100 heavy (non-hydrogen) atoms. The van der Waals surface area contributed by atoms with Gasteiger partial charge in [-0.15, -0.1) is 0 Å². The third-order valence-electron chi connectivity index (χ3n) is 16.8. The van der Waals surface area contributed by atoms with Crippen LogP contribution in [-0.2, 0) is 65.4 Å². The molecule has 0 fully saturated rings. The van der Waals surface area contributed by atoms with E-state index >= 15 is 0 Å². The van der Waals surface area contributed by atoms with Crippen LogP contribution in [0, 0.1) is 0 Å². The third kappa shape index (κ3) is 72.6. The van der Waals surface area contributed by atoms with Crippen molar-refractivity contribution in [3.05, 3.63) is 85.1 Å². The monoisotopic (exact) mass is 1450 g/mol. The number of aliphatic hydroxyl groups is 1. The van der Waals surface area contributed by atoms with Gasteiger partial charge >= 0.3 is 39.5 Å². The smallest absolute Gasteiger partial charge is 0.462 e. The summed E-state index contributed by atoms with van der Waals surface area (Å²) < 4.78 is 68.5. The second kappa shape index (κ2) is 73.5. The molecular formula is C81H144O17P2. The Morgan fingerprint density at radius 1 is 0.290 bits per heavy atom. The molecule has 0 amide bonds. The zero-order valence-corrected chi connectivity index (χ0v) is 65.2. The molecule has 0 aromatic carbocycles. The van der Waals surface area contributed by atoms with E-state index < -0.39 is 97.5 Å². The van der Waals surface area contributed by atoms with Crippen LogP contribution in [0.1, 0.15) is 349 Å². The van der Waals surface area contributed by atoms with Gasteiger partial charge in [0.15, 0.2) is 12.2 Å². The normalized spacial score (nSPS) is 14.3. The molecule has 0 aliphatic carbocycles. The minimum atomic E-state index is -4.98. The van der Waals surface area contributed by atoms with Crippen LogP contribution in [0.5, 0.6) is 0 Å². The molecule has 0 rings (SSSR count). The van der Waals surface area contributed by atoms with E-state index in [1.807, 2.05) is 0 Å². The summed E-state index contributed by atoms with van der Waals surface area (Å²) >= 11 is 0. The van der Waals surface area contributed by atoms with Gasteiger partial charge in [-0.2, -0.15) is 0 Å². The number of unbranched alkanes of at least 4 members (excludes halogenated alkanes) is 35. The molecule has 0 aromatic rings. The molecule has 19 heteroatoms. The minimum Gasteiger partial charge on any atom is -0.462 e. The summed E-state index contributed by atoms with van der Waals surface area (Å²) in [6.07, 6.45) is 75.7. The van der Waals surface area contributed by atoms with Crippen LogP contribution in [0.3, 0.4) is 0 Å². The van der Waals surface area contributed by atoms with Crippen LogP contribution < -0.4 is 0 Å². The number of hydrogen-bond donors (Lipinski definition) is 3. The minimum absolute atomic E-state index is 0.0787. The topological polar surface area (TPSA) is 237 Å². The highest BCUT2D eigenvalue weighted by Crippen LogP contribution is 2.45. The summed E-state index contributed by atoms with van der Waals surface area (Å²) in [5.41, 5.74) is 0. The van der Waals surface area contributed by atoms with Gasteiger partial charge in [0.05, 0.1) is 26.4 Å². The zero-order chi connectivity index (χ0) is 73.2. The fourth-order valence-electron chi connectivity index (χ4n) is 10.8. The SMILES string of the molecule is CC/C=C\C/C=C\C/C=C\C/C=C\C/C=C\CCCCCC(=O)OCC(COP(=O)(O)OCC(O)COP(=O)(O)OCC(COC(=O)CCCCCCCCCCCCCCCCC)OC(=O)CCCCCCC/C=C\CCCC)OC(=O)CCCCCCC/C=C\CCCCCCCC. The van der Waals surface area contributed by atoms with Crippen molar-refractivity contribution >= 4 is 39.5 Å². The van der Waals surface area contributed by atoms with Gasteiger partial charge in [0.2, 0.25) is 0 Å². The highest BCUT2D eigenvalue weighted by molar-refractivity contribution is 7.47. The van der Waals surface area contributed by atoms with Crippen LogP contribution >= 0.6 is 15.6 Å². The number of aliphatic hydroxyl groups excluding tert-OH is 1. The Bertz CT molecular complexity index is 2230. The molecule has 580 valence electrons. The van der Waals surface area contributed by atoms with Crippen LogP contribution in [0.4, 0.5) is 0 Å². The first kappa shape index (κ1) is 96.2. The Kier molecular flexibility index (Phi) is 70.8. The largest absolute Gasteiger partial charge is 0.472 e. The van der Waals surface area contributed by atoms with Crippen molar-refractivity contribution in [3.63, 3.8) is 0 Å². The van der Waals surface area contributed by atoms with Crippen molar-refractivity contribution < 1.29 is 80.2 Å². The maximum Gasteiger partial charge on any atom is 0.472 e. The number of carbonyl (C=O) groups excluding carboxylic acids is 4. The van der Waals surface area contributed by atoms with Gasteiger partial charge in [-0.25, -0.2) is 9.13 Å². The average Bonchev–Trinajstić information content (AvgIpc) is 0.985. The van der Waals surface area contributed by atoms with Crippen molar-refractivity contribution in [2.24, 2.45) is 0 Å². The first-order valence-corrected chi connectivity index (χ1v) is 42.8.